The second-order valence-electron chi connectivity index (χ2n) is 6.06. The molecule has 6 nitrogen and oxygen atoms in total. The van der Waals surface area contributed by atoms with Crippen molar-refractivity contribution in [3.05, 3.63) is 55.3 Å². The summed E-state index contributed by atoms with van der Waals surface area (Å²) in [5, 5.41) is 10.7. The maximum Gasteiger partial charge on any atom is 0.417 e. The number of rotatable bonds is 7. The topological polar surface area (TPSA) is 81.7 Å². The van der Waals surface area contributed by atoms with Crippen LogP contribution >= 0.6 is 11.3 Å². The highest BCUT2D eigenvalue weighted by molar-refractivity contribution is 7.07. The van der Waals surface area contributed by atoms with Crippen LogP contribution in [0.3, 0.4) is 0 Å². The van der Waals surface area contributed by atoms with E-state index in [1.165, 1.54) is 28.1 Å². The Bertz CT molecular complexity index is 1080. The van der Waals surface area contributed by atoms with Crippen molar-refractivity contribution in [3.8, 4) is 11.6 Å². The van der Waals surface area contributed by atoms with Gasteiger partial charge in [0.15, 0.2) is 0 Å². The van der Waals surface area contributed by atoms with Gasteiger partial charge in [0.2, 0.25) is 5.88 Å². The number of ether oxygens (including phenoxy) is 1. The molecule has 2 heterocycles. The average molecular weight is 415 g/mol. The lowest BCUT2D eigenvalue weighted by atomic mass is 10.1. The molecule has 0 bridgehead atoms. The van der Waals surface area contributed by atoms with Gasteiger partial charge >= 0.3 is 16.7 Å². The Balaban J connectivity index is 1.56. The Morgan fingerprint density at radius 3 is 2.61 bits per heavy atom. The molecule has 2 aromatic heterocycles. The van der Waals surface area contributed by atoms with Gasteiger partial charge in [-0.15, -0.1) is 0 Å². The molecule has 0 aliphatic rings. The van der Waals surface area contributed by atoms with E-state index >= 15 is 0 Å². The fraction of sp³-hybridized carbons (Fsp3) is 0.333. The van der Waals surface area contributed by atoms with E-state index in [9.17, 15) is 27.9 Å². The third kappa shape index (κ3) is 4.56. The Labute approximate surface area is 160 Å². The van der Waals surface area contributed by atoms with Crippen LogP contribution in [0.15, 0.2) is 43.7 Å². The number of unbranched alkanes of at least 4 members (excludes halogenated alkanes) is 2. The van der Waals surface area contributed by atoms with Crippen LogP contribution in [0.4, 0.5) is 13.2 Å². The van der Waals surface area contributed by atoms with Crippen molar-refractivity contribution in [1.29, 1.82) is 0 Å². The van der Waals surface area contributed by atoms with Crippen molar-refractivity contribution in [2.45, 2.75) is 32.0 Å². The van der Waals surface area contributed by atoms with E-state index in [0.717, 1.165) is 17.8 Å². The molecule has 1 aromatic carbocycles. The molecule has 10 heteroatoms. The molecule has 0 saturated heterocycles. The molecule has 0 aliphatic carbocycles. The third-order valence-electron chi connectivity index (χ3n) is 4.08. The van der Waals surface area contributed by atoms with Crippen LogP contribution in [0.25, 0.3) is 11.0 Å². The zero-order valence-corrected chi connectivity index (χ0v) is 15.3. The molecule has 0 radical (unpaired) electrons. The van der Waals surface area contributed by atoms with Crippen LogP contribution in [0.2, 0.25) is 0 Å². The lowest BCUT2D eigenvalue weighted by Crippen LogP contribution is -2.12. The standard InChI is InChI=1S/C18H16F3NO5S/c19-18(20,21)13-9-16(24)27-14-8-11(4-5-12(13)14)26-7-3-1-2-6-22-15(23)10-28-17(22)25/h4-5,8-10,23H,1-3,6-7H2. The van der Waals surface area contributed by atoms with Crippen molar-refractivity contribution in [3.63, 3.8) is 0 Å². The summed E-state index contributed by atoms with van der Waals surface area (Å²) in [6.07, 6.45) is -2.63. The fourth-order valence-corrected chi connectivity index (χ4v) is 3.38. The molecule has 0 fully saturated rings. The number of hydrogen-bond donors (Lipinski definition) is 1. The van der Waals surface area contributed by atoms with Crippen molar-refractivity contribution in [1.82, 2.24) is 4.57 Å². The van der Waals surface area contributed by atoms with Crippen LogP contribution in [0.5, 0.6) is 11.6 Å². The van der Waals surface area contributed by atoms with Gasteiger partial charge in [-0.3, -0.25) is 9.36 Å². The number of aromatic hydroxyl groups is 1. The van der Waals surface area contributed by atoms with E-state index in [0.29, 0.717) is 37.8 Å². The number of halogens is 3. The van der Waals surface area contributed by atoms with Crippen LogP contribution in [-0.2, 0) is 12.7 Å². The van der Waals surface area contributed by atoms with Gasteiger partial charge in [0.05, 0.1) is 17.6 Å². The lowest BCUT2D eigenvalue weighted by molar-refractivity contribution is -0.136. The van der Waals surface area contributed by atoms with Gasteiger partial charge < -0.3 is 14.3 Å². The summed E-state index contributed by atoms with van der Waals surface area (Å²) in [6, 6.07) is 4.29. The zero-order chi connectivity index (χ0) is 20.3. The summed E-state index contributed by atoms with van der Waals surface area (Å²) in [5.41, 5.74) is -2.31. The summed E-state index contributed by atoms with van der Waals surface area (Å²) in [5.74, 6) is 0.240. The molecule has 0 saturated carbocycles. The van der Waals surface area contributed by atoms with Gasteiger partial charge in [-0.2, -0.15) is 13.2 Å². The van der Waals surface area contributed by atoms with Crippen molar-refractivity contribution in [2.24, 2.45) is 0 Å². The van der Waals surface area contributed by atoms with Crippen molar-refractivity contribution < 1.29 is 27.4 Å². The first-order chi connectivity index (χ1) is 13.3. The predicted octanol–water partition coefficient (Wildman–Crippen LogP) is 3.99. The van der Waals surface area contributed by atoms with Crippen LogP contribution in [0, 0.1) is 0 Å². The van der Waals surface area contributed by atoms with E-state index in [1.54, 1.807) is 0 Å². The van der Waals surface area contributed by atoms with E-state index in [4.69, 9.17) is 9.15 Å². The number of benzene rings is 1. The van der Waals surface area contributed by atoms with Crippen LogP contribution < -0.4 is 15.2 Å². The highest BCUT2D eigenvalue weighted by Gasteiger charge is 2.33. The normalized spacial score (nSPS) is 11.8. The Hall–Kier alpha value is -2.75. The number of aromatic nitrogens is 1. The maximum atomic E-state index is 13.0. The number of hydrogen-bond acceptors (Lipinski definition) is 6. The van der Waals surface area contributed by atoms with E-state index < -0.39 is 17.4 Å². The second-order valence-corrected chi connectivity index (χ2v) is 6.88. The van der Waals surface area contributed by atoms with E-state index in [2.05, 4.69) is 0 Å². The minimum absolute atomic E-state index is 0.0536. The van der Waals surface area contributed by atoms with Crippen molar-refractivity contribution in [2.75, 3.05) is 6.61 Å². The van der Waals surface area contributed by atoms with Gasteiger partial charge in [0.25, 0.3) is 0 Å². The first-order valence-electron chi connectivity index (χ1n) is 8.41. The largest absolute Gasteiger partial charge is 0.494 e. The number of fused-ring (bicyclic) bond motifs is 1. The fourth-order valence-electron chi connectivity index (χ4n) is 2.74. The number of alkyl halides is 3. The molecule has 3 rings (SSSR count). The SMILES string of the molecule is O=c1cc(C(F)(F)F)c2ccc(OCCCCCn3c(O)csc3=O)cc2o1. The number of nitrogens with zero attached hydrogens (tertiary/aromatic N) is 1. The molecular weight excluding hydrogens is 399 g/mol. The Morgan fingerprint density at radius 2 is 1.93 bits per heavy atom. The molecule has 0 atom stereocenters. The highest BCUT2D eigenvalue weighted by atomic mass is 32.1. The molecule has 150 valence electrons. The minimum Gasteiger partial charge on any atom is -0.494 e. The van der Waals surface area contributed by atoms with Gasteiger partial charge in [0, 0.05) is 24.1 Å². The molecular formula is C18H16F3NO5S. The quantitative estimate of drug-likeness (QED) is 0.466. The molecule has 28 heavy (non-hydrogen) atoms. The van der Waals surface area contributed by atoms with E-state index in [1.807, 2.05) is 0 Å². The Morgan fingerprint density at radius 1 is 1.14 bits per heavy atom. The first-order valence-corrected chi connectivity index (χ1v) is 9.29. The smallest absolute Gasteiger partial charge is 0.417 e. The summed E-state index contributed by atoms with van der Waals surface area (Å²) in [6.45, 7) is 0.703. The van der Waals surface area contributed by atoms with Gasteiger partial charge in [-0.1, -0.05) is 11.3 Å². The number of thiazole rings is 1. The third-order valence-corrected chi connectivity index (χ3v) is 4.83. The van der Waals surface area contributed by atoms with Gasteiger partial charge in [-0.25, -0.2) is 4.79 Å². The van der Waals surface area contributed by atoms with Crippen molar-refractivity contribution >= 4 is 22.3 Å². The Kier molecular flexibility index (Phi) is 5.78. The molecule has 1 N–H and O–H groups in total. The van der Waals surface area contributed by atoms with Gasteiger partial charge in [-0.05, 0) is 31.4 Å². The predicted molar refractivity (Wildman–Crippen MR) is 97.1 cm³/mol. The zero-order valence-electron chi connectivity index (χ0n) is 14.5. The van der Waals surface area contributed by atoms with Crippen LogP contribution in [-0.4, -0.2) is 16.3 Å². The summed E-state index contributed by atoms with van der Waals surface area (Å²) >= 11 is 0.932. The molecule has 0 aliphatic heterocycles. The molecule has 3 aromatic rings. The van der Waals surface area contributed by atoms with Gasteiger partial charge in [0.1, 0.15) is 11.3 Å². The summed E-state index contributed by atoms with van der Waals surface area (Å²) < 4.78 is 50.7. The average Bonchev–Trinajstić information content (AvgIpc) is 2.94. The van der Waals surface area contributed by atoms with E-state index in [-0.39, 0.29) is 21.7 Å². The summed E-state index contributed by atoms with van der Waals surface area (Å²) in [7, 11) is 0. The summed E-state index contributed by atoms with van der Waals surface area (Å²) in [4.78, 5) is 22.6. The highest BCUT2D eigenvalue weighted by Crippen LogP contribution is 2.34. The second kappa shape index (κ2) is 8.09. The molecule has 0 amide bonds. The lowest BCUT2D eigenvalue weighted by Gasteiger charge is -2.11. The van der Waals surface area contributed by atoms with Crippen LogP contribution in [0.1, 0.15) is 24.8 Å². The minimum atomic E-state index is -4.66. The monoisotopic (exact) mass is 415 g/mol. The maximum absolute atomic E-state index is 13.0. The molecule has 0 spiro atoms. The molecule has 0 unspecified atom stereocenters. The first kappa shape index (κ1) is 20.0.